The van der Waals surface area contributed by atoms with E-state index in [1.165, 1.54) is 5.01 Å². The lowest BCUT2D eigenvalue weighted by Crippen LogP contribution is -2.47. The topological polar surface area (TPSA) is 93.1 Å². The van der Waals surface area contributed by atoms with E-state index in [2.05, 4.69) is 4.90 Å². The first kappa shape index (κ1) is 29.4. The summed E-state index contributed by atoms with van der Waals surface area (Å²) in [5, 5.41) is 6.32. The van der Waals surface area contributed by atoms with Gasteiger partial charge in [-0.15, -0.1) is 0 Å². The monoisotopic (exact) mass is 552 g/mol. The smallest absolute Gasteiger partial charge is 0.262 e. The van der Waals surface area contributed by atoms with Crippen LogP contribution in [0.1, 0.15) is 37.4 Å². The van der Waals surface area contributed by atoms with Gasteiger partial charge in [0.25, 0.3) is 5.91 Å². The fourth-order valence-corrected chi connectivity index (χ4v) is 4.97. The summed E-state index contributed by atoms with van der Waals surface area (Å²) in [7, 11) is 4.80. The maximum absolute atomic E-state index is 13.9. The standard InChI is InChI=1S/C30H40N4O6/c1-21(2)30(36)33(13-12-32-14-16-40-17-15-32)20-29(35)34-26(23-8-11-27(38-4)28(18-23)39-5)19-25(31-34)22-6-9-24(37-3)10-7-22/h6-11,18,21,26H,12-17,19-20H2,1-5H3/t26-/m1/s1. The number of rotatable bonds is 11. The second kappa shape index (κ2) is 13.6. The molecule has 0 radical (unpaired) electrons. The van der Waals surface area contributed by atoms with Crippen molar-refractivity contribution >= 4 is 17.5 Å². The van der Waals surface area contributed by atoms with Crippen molar-refractivity contribution < 1.29 is 28.5 Å². The summed E-state index contributed by atoms with van der Waals surface area (Å²) in [6.07, 6.45) is 0.513. The van der Waals surface area contributed by atoms with Crippen molar-refractivity contribution in [3.8, 4) is 17.2 Å². The van der Waals surface area contributed by atoms with Crippen molar-refractivity contribution in [1.82, 2.24) is 14.8 Å². The van der Waals surface area contributed by atoms with Gasteiger partial charge in [-0.2, -0.15) is 5.10 Å². The zero-order valence-electron chi connectivity index (χ0n) is 24.1. The summed E-state index contributed by atoms with van der Waals surface area (Å²) in [5.41, 5.74) is 2.56. The summed E-state index contributed by atoms with van der Waals surface area (Å²) in [6.45, 7) is 7.82. The minimum atomic E-state index is -0.361. The molecule has 2 aromatic carbocycles. The van der Waals surface area contributed by atoms with E-state index in [4.69, 9.17) is 24.0 Å². The third kappa shape index (κ3) is 6.92. The van der Waals surface area contributed by atoms with Crippen LogP contribution in [0.15, 0.2) is 47.6 Å². The van der Waals surface area contributed by atoms with Gasteiger partial charge < -0.3 is 23.8 Å². The van der Waals surface area contributed by atoms with Crippen LogP contribution in [0.2, 0.25) is 0 Å². The Bertz CT molecular complexity index is 1190. The van der Waals surface area contributed by atoms with E-state index in [-0.39, 0.29) is 30.3 Å². The number of carbonyl (C=O) groups is 2. The van der Waals surface area contributed by atoms with E-state index in [1.807, 2.05) is 56.3 Å². The Morgan fingerprint density at radius 1 is 1.00 bits per heavy atom. The fraction of sp³-hybridized carbons (Fsp3) is 0.500. The lowest BCUT2D eigenvalue weighted by atomic mass is 9.98. The number of hydrogen-bond acceptors (Lipinski definition) is 8. The van der Waals surface area contributed by atoms with Crippen LogP contribution in [-0.4, -0.2) is 99.6 Å². The molecule has 0 spiro atoms. The van der Waals surface area contributed by atoms with Gasteiger partial charge in [0.05, 0.1) is 46.3 Å². The van der Waals surface area contributed by atoms with Crippen molar-refractivity contribution in [3.05, 3.63) is 53.6 Å². The molecule has 2 heterocycles. The third-order valence-corrected chi connectivity index (χ3v) is 7.30. The summed E-state index contributed by atoms with van der Waals surface area (Å²) < 4.78 is 21.7. The second-order valence-electron chi connectivity index (χ2n) is 10.2. The van der Waals surface area contributed by atoms with E-state index in [9.17, 15) is 9.59 Å². The predicted molar refractivity (Wildman–Crippen MR) is 152 cm³/mol. The van der Waals surface area contributed by atoms with Crippen LogP contribution in [0.5, 0.6) is 17.2 Å². The molecule has 40 heavy (non-hydrogen) atoms. The Morgan fingerprint density at radius 3 is 2.33 bits per heavy atom. The molecule has 2 amide bonds. The van der Waals surface area contributed by atoms with Gasteiger partial charge in [-0.1, -0.05) is 19.9 Å². The lowest BCUT2D eigenvalue weighted by molar-refractivity contribution is -0.143. The van der Waals surface area contributed by atoms with E-state index in [0.29, 0.717) is 44.2 Å². The molecule has 2 aromatic rings. The largest absolute Gasteiger partial charge is 0.497 e. The number of hydrogen-bond donors (Lipinski definition) is 0. The maximum Gasteiger partial charge on any atom is 0.262 e. The third-order valence-electron chi connectivity index (χ3n) is 7.30. The van der Waals surface area contributed by atoms with Gasteiger partial charge in [-0.25, -0.2) is 5.01 Å². The van der Waals surface area contributed by atoms with Gasteiger partial charge in [0.2, 0.25) is 5.91 Å². The van der Waals surface area contributed by atoms with Crippen molar-refractivity contribution in [3.63, 3.8) is 0 Å². The molecular formula is C30H40N4O6. The Hall–Kier alpha value is -3.63. The molecule has 2 aliphatic heterocycles. The molecule has 0 saturated carbocycles. The van der Waals surface area contributed by atoms with Crippen LogP contribution in [-0.2, 0) is 14.3 Å². The minimum absolute atomic E-state index is 0.0511. The van der Waals surface area contributed by atoms with Crippen LogP contribution in [0.25, 0.3) is 0 Å². The number of carbonyl (C=O) groups excluding carboxylic acids is 2. The van der Waals surface area contributed by atoms with Gasteiger partial charge in [-0.3, -0.25) is 14.5 Å². The van der Waals surface area contributed by atoms with Crippen LogP contribution in [0, 0.1) is 5.92 Å². The Kier molecular flexibility index (Phi) is 10.0. The van der Waals surface area contributed by atoms with Gasteiger partial charge >= 0.3 is 0 Å². The Balaban J connectivity index is 1.61. The van der Waals surface area contributed by atoms with E-state index in [1.54, 1.807) is 26.2 Å². The summed E-state index contributed by atoms with van der Waals surface area (Å²) in [5.74, 6) is 1.41. The molecular weight excluding hydrogens is 512 g/mol. The molecule has 10 heteroatoms. The molecule has 216 valence electrons. The molecule has 0 unspecified atom stereocenters. The van der Waals surface area contributed by atoms with Crippen molar-refractivity contribution in [1.29, 1.82) is 0 Å². The highest BCUT2D eigenvalue weighted by Crippen LogP contribution is 2.37. The van der Waals surface area contributed by atoms with E-state index in [0.717, 1.165) is 35.7 Å². The van der Waals surface area contributed by atoms with Crippen molar-refractivity contribution in [2.45, 2.75) is 26.3 Å². The second-order valence-corrected chi connectivity index (χ2v) is 10.2. The van der Waals surface area contributed by atoms with Gasteiger partial charge in [0, 0.05) is 38.5 Å². The molecule has 2 aliphatic rings. The van der Waals surface area contributed by atoms with Gasteiger partial charge in [0.1, 0.15) is 12.3 Å². The average Bonchev–Trinajstić information content (AvgIpc) is 3.44. The van der Waals surface area contributed by atoms with E-state index >= 15 is 0 Å². The molecule has 1 fully saturated rings. The van der Waals surface area contributed by atoms with Gasteiger partial charge in [0.15, 0.2) is 11.5 Å². The normalized spacial score (nSPS) is 17.5. The number of morpholine rings is 1. The van der Waals surface area contributed by atoms with Crippen LogP contribution in [0.3, 0.4) is 0 Å². The minimum Gasteiger partial charge on any atom is -0.497 e. The molecule has 1 atom stereocenters. The first-order valence-electron chi connectivity index (χ1n) is 13.7. The number of ether oxygens (including phenoxy) is 4. The predicted octanol–water partition coefficient (Wildman–Crippen LogP) is 3.21. The highest BCUT2D eigenvalue weighted by Gasteiger charge is 2.35. The van der Waals surface area contributed by atoms with Crippen molar-refractivity contribution in [2.24, 2.45) is 11.0 Å². The molecule has 4 rings (SSSR count). The number of methoxy groups -OCH3 is 3. The molecule has 1 saturated heterocycles. The summed E-state index contributed by atoms with van der Waals surface area (Å²) >= 11 is 0. The zero-order valence-corrected chi connectivity index (χ0v) is 24.1. The molecule has 0 bridgehead atoms. The van der Waals surface area contributed by atoms with E-state index < -0.39 is 0 Å². The van der Waals surface area contributed by atoms with Crippen molar-refractivity contribution in [2.75, 3.05) is 67.3 Å². The molecule has 0 N–H and O–H groups in total. The number of nitrogens with zero attached hydrogens (tertiary/aromatic N) is 4. The molecule has 10 nitrogen and oxygen atoms in total. The Morgan fingerprint density at radius 2 is 1.70 bits per heavy atom. The lowest BCUT2D eigenvalue weighted by Gasteiger charge is -2.31. The number of benzene rings is 2. The first-order chi connectivity index (χ1) is 19.3. The SMILES string of the molecule is COc1ccc(C2=NN(C(=O)CN(CCN3CCOCC3)C(=O)C(C)C)[C@@H](c3ccc(OC)c(OC)c3)C2)cc1. The quantitative estimate of drug-likeness (QED) is 0.423. The molecule has 0 aromatic heterocycles. The number of hydrazone groups is 1. The van der Waals surface area contributed by atoms with Crippen LogP contribution in [0.4, 0.5) is 0 Å². The highest BCUT2D eigenvalue weighted by molar-refractivity contribution is 6.03. The summed E-state index contributed by atoms with van der Waals surface area (Å²) in [4.78, 5) is 31.0. The zero-order chi connectivity index (χ0) is 28.6. The van der Waals surface area contributed by atoms with Crippen LogP contribution >= 0.6 is 0 Å². The highest BCUT2D eigenvalue weighted by atomic mass is 16.5. The van der Waals surface area contributed by atoms with Gasteiger partial charge in [-0.05, 0) is 47.5 Å². The summed E-state index contributed by atoms with van der Waals surface area (Å²) in [6, 6.07) is 12.9. The average molecular weight is 553 g/mol. The first-order valence-corrected chi connectivity index (χ1v) is 13.7. The maximum atomic E-state index is 13.9. The fourth-order valence-electron chi connectivity index (χ4n) is 4.97. The van der Waals surface area contributed by atoms with Crippen LogP contribution < -0.4 is 14.2 Å². The Labute approximate surface area is 236 Å². The number of amides is 2. The molecule has 0 aliphatic carbocycles.